The fourth-order valence-corrected chi connectivity index (χ4v) is 3.37. The van der Waals surface area contributed by atoms with E-state index in [0.717, 1.165) is 36.1 Å². The average molecular weight is 429 g/mol. The number of carbonyl (C=O) groups excluding carboxylic acids is 1. The van der Waals surface area contributed by atoms with Crippen LogP contribution in [0.1, 0.15) is 49.0 Å². The molecule has 0 unspecified atom stereocenters. The van der Waals surface area contributed by atoms with Gasteiger partial charge in [0.1, 0.15) is 11.5 Å². The molecule has 0 heterocycles. The Labute approximate surface area is 191 Å². The SMILES string of the molecule is C=CCCCOc1ccc(OC(=O)c2ccc(-c3ccc(C[C@@H](C)CC)cc3)cc2)cc1. The molecule has 0 aliphatic heterocycles. The second-order valence-corrected chi connectivity index (χ2v) is 8.13. The maximum atomic E-state index is 12.5. The molecule has 0 aliphatic rings. The van der Waals surface area contributed by atoms with Crippen LogP contribution in [-0.2, 0) is 6.42 Å². The number of hydrogen-bond acceptors (Lipinski definition) is 3. The molecule has 0 saturated carbocycles. The predicted octanol–water partition coefficient (Wildman–Crippen LogP) is 7.51. The maximum absolute atomic E-state index is 12.5. The van der Waals surface area contributed by atoms with Gasteiger partial charge in [0.25, 0.3) is 0 Å². The molecule has 0 aliphatic carbocycles. The van der Waals surface area contributed by atoms with Gasteiger partial charge in [-0.2, -0.15) is 0 Å². The Bertz CT molecular complexity index is 986. The fourth-order valence-electron chi connectivity index (χ4n) is 3.37. The molecule has 3 rings (SSSR count). The Balaban J connectivity index is 1.56. The number of benzene rings is 3. The van der Waals surface area contributed by atoms with Crippen LogP contribution < -0.4 is 9.47 Å². The molecule has 166 valence electrons. The second kappa shape index (κ2) is 11.9. The minimum absolute atomic E-state index is 0.375. The lowest BCUT2D eigenvalue weighted by molar-refractivity contribution is 0.0734. The van der Waals surface area contributed by atoms with Crippen LogP contribution >= 0.6 is 0 Å². The zero-order chi connectivity index (χ0) is 22.8. The Hall–Kier alpha value is -3.33. The highest BCUT2D eigenvalue weighted by molar-refractivity contribution is 5.91. The third kappa shape index (κ3) is 6.84. The molecule has 3 nitrogen and oxygen atoms in total. The first-order chi connectivity index (χ1) is 15.6. The number of esters is 1. The molecule has 0 radical (unpaired) electrons. The smallest absolute Gasteiger partial charge is 0.343 e. The molecule has 32 heavy (non-hydrogen) atoms. The van der Waals surface area contributed by atoms with Crippen LogP contribution in [0.15, 0.2) is 85.5 Å². The van der Waals surface area contributed by atoms with Crippen molar-refractivity contribution in [2.45, 2.75) is 39.5 Å². The summed E-state index contributed by atoms with van der Waals surface area (Å²) in [5, 5.41) is 0. The number of allylic oxidation sites excluding steroid dienone is 1. The summed E-state index contributed by atoms with van der Waals surface area (Å²) in [4.78, 5) is 12.5. The average Bonchev–Trinajstić information content (AvgIpc) is 2.83. The molecule has 0 amide bonds. The summed E-state index contributed by atoms with van der Waals surface area (Å²) >= 11 is 0. The van der Waals surface area contributed by atoms with Crippen LogP contribution in [0, 0.1) is 5.92 Å². The van der Waals surface area contributed by atoms with Crippen LogP contribution in [0.25, 0.3) is 11.1 Å². The van der Waals surface area contributed by atoms with E-state index in [-0.39, 0.29) is 5.97 Å². The number of ether oxygens (including phenoxy) is 2. The number of carbonyl (C=O) groups is 1. The van der Waals surface area contributed by atoms with Gasteiger partial charge in [0, 0.05) is 0 Å². The highest BCUT2D eigenvalue weighted by Crippen LogP contribution is 2.23. The lowest BCUT2D eigenvalue weighted by Gasteiger charge is -2.10. The lowest BCUT2D eigenvalue weighted by atomic mass is 9.96. The van der Waals surface area contributed by atoms with Gasteiger partial charge in [-0.25, -0.2) is 4.79 Å². The van der Waals surface area contributed by atoms with E-state index in [9.17, 15) is 4.79 Å². The maximum Gasteiger partial charge on any atom is 0.343 e. The Morgan fingerprint density at radius 1 is 0.906 bits per heavy atom. The molecule has 0 aromatic heterocycles. The van der Waals surface area contributed by atoms with Crippen molar-refractivity contribution in [2.75, 3.05) is 6.61 Å². The topological polar surface area (TPSA) is 35.5 Å². The van der Waals surface area contributed by atoms with Gasteiger partial charge in [0.2, 0.25) is 0 Å². The fraction of sp³-hybridized carbons (Fsp3) is 0.276. The minimum atomic E-state index is -0.375. The number of rotatable bonds is 11. The molecular weight excluding hydrogens is 396 g/mol. The van der Waals surface area contributed by atoms with Crippen molar-refractivity contribution in [1.29, 1.82) is 0 Å². The van der Waals surface area contributed by atoms with Crippen molar-refractivity contribution < 1.29 is 14.3 Å². The van der Waals surface area contributed by atoms with Gasteiger partial charge in [-0.1, -0.05) is 62.7 Å². The van der Waals surface area contributed by atoms with Gasteiger partial charge in [0.05, 0.1) is 12.2 Å². The largest absolute Gasteiger partial charge is 0.494 e. The molecule has 3 aromatic rings. The minimum Gasteiger partial charge on any atom is -0.494 e. The highest BCUT2D eigenvalue weighted by Gasteiger charge is 2.10. The van der Waals surface area contributed by atoms with Crippen LogP contribution in [0.2, 0.25) is 0 Å². The van der Waals surface area contributed by atoms with E-state index >= 15 is 0 Å². The summed E-state index contributed by atoms with van der Waals surface area (Å²) in [7, 11) is 0. The van der Waals surface area contributed by atoms with Gasteiger partial charge in [-0.15, -0.1) is 6.58 Å². The van der Waals surface area contributed by atoms with E-state index in [1.54, 1.807) is 12.1 Å². The lowest BCUT2D eigenvalue weighted by Crippen LogP contribution is -2.08. The molecule has 0 saturated heterocycles. The van der Waals surface area contributed by atoms with Crippen LogP contribution in [-0.4, -0.2) is 12.6 Å². The third-order valence-electron chi connectivity index (χ3n) is 5.54. The zero-order valence-electron chi connectivity index (χ0n) is 19.1. The number of hydrogen-bond donors (Lipinski definition) is 0. The summed E-state index contributed by atoms with van der Waals surface area (Å²) in [6.07, 6.45) is 6.02. The Morgan fingerprint density at radius 3 is 2.09 bits per heavy atom. The van der Waals surface area contributed by atoms with E-state index in [1.807, 2.05) is 42.5 Å². The highest BCUT2D eigenvalue weighted by atomic mass is 16.5. The summed E-state index contributed by atoms with van der Waals surface area (Å²) in [6, 6.07) is 23.3. The van der Waals surface area contributed by atoms with Crippen LogP contribution in [0.3, 0.4) is 0 Å². The first-order valence-electron chi connectivity index (χ1n) is 11.3. The molecule has 3 aromatic carbocycles. The molecule has 0 spiro atoms. The first kappa shape index (κ1) is 23.3. The van der Waals surface area contributed by atoms with E-state index in [0.29, 0.717) is 23.8 Å². The van der Waals surface area contributed by atoms with Crippen molar-refractivity contribution in [2.24, 2.45) is 5.92 Å². The van der Waals surface area contributed by atoms with E-state index in [4.69, 9.17) is 9.47 Å². The summed E-state index contributed by atoms with van der Waals surface area (Å²) in [5.74, 6) is 1.57. The van der Waals surface area contributed by atoms with E-state index in [2.05, 4.69) is 44.7 Å². The van der Waals surface area contributed by atoms with E-state index in [1.165, 1.54) is 12.0 Å². The molecular formula is C29H32O3. The van der Waals surface area contributed by atoms with E-state index < -0.39 is 0 Å². The van der Waals surface area contributed by atoms with Gasteiger partial charge in [0.15, 0.2) is 0 Å². The summed E-state index contributed by atoms with van der Waals surface area (Å²) in [6.45, 7) is 8.84. The molecule has 0 N–H and O–H groups in total. The Kier molecular flexibility index (Phi) is 8.68. The second-order valence-electron chi connectivity index (χ2n) is 8.13. The van der Waals surface area contributed by atoms with Gasteiger partial charge >= 0.3 is 5.97 Å². The van der Waals surface area contributed by atoms with Gasteiger partial charge in [-0.05, 0) is 78.3 Å². The Morgan fingerprint density at radius 2 is 1.50 bits per heavy atom. The third-order valence-corrected chi connectivity index (χ3v) is 5.54. The van der Waals surface area contributed by atoms with Crippen LogP contribution in [0.5, 0.6) is 11.5 Å². The first-order valence-corrected chi connectivity index (χ1v) is 11.3. The molecule has 1 atom stereocenters. The van der Waals surface area contributed by atoms with Gasteiger partial charge < -0.3 is 9.47 Å². The molecule has 0 fully saturated rings. The normalized spacial score (nSPS) is 11.6. The van der Waals surface area contributed by atoms with Gasteiger partial charge in [-0.3, -0.25) is 0 Å². The quantitative estimate of drug-likeness (QED) is 0.137. The summed E-state index contributed by atoms with van der Waals surface area (Å²) in [5.41, 5.74) is 4.10. The zero-order valence-corrected chi connectivity index (χ0v) is 19.1. The standard InChI is InChI=1S/C29H32O3/c1-4-6-7-20-31-27-16-18-28(19-17-27)32-29(30)26-14-12-25(13-15-26)24-10-8-23(9-11-24)21-22(3)5-2/h4,8-19,22H,1,5-7,20-21H2,2-3H3/t22-/m0/s1. The van der Waals surface area contributed by atoms with Crippen molar-refractivity contribution >= 4 is 5.97 Å². The monoisotopic (exact) mass is 428 g/mol. The van der Waals surface area contributed by atoms with Crippen molar-refractivity contribution in [1.82, 2.24) is 0 Å². The number of unbranched alkanes of at least 4 members (excludes halogenated alkanes) is 1. The van der Waals surface area contributed by atoms with Crippen LogP contribution in [0.4, 0.5) is 0 Å². The predicted molar refractivity (Wildman–Crippen MR) is 131 cm³/mol. The molecule has 0 bridgehead atoms. The summed E-state index contributed by atoms with van der Waals surface area (Å²) < 4.78 is 11.2. The van der Waals surface area contributed by atoms with Crippen molar-refractivity contribution in [3.05, 3.63) is 96.6 Å². The molecule has 3 heteroatoms. The van der Waals surface area contributed by atoms with Crippen molar-refractivity contribution in [3.63, 3.8) is 0 Å². The van der Waals surface area contributed by atoms with Crippen molar-refractivity contribution in [3.8, 4) is 22.6 Å².